The molecule has 3 rings (SSSR count). The highest BCUT2D eigenvalue weighted by atomic mass is 35.5. The average Bonchev–Trinajstić information content (AvgIpc) is 2.67. The van der Waals surface area contributed by atoms with Gasteiger partial charge >= 0.3 is 5.97 Å². The molecule has 1 N–H and O–H groups in total. The highest BCUT2D eigenvalue weighted by Gasteiger charge is 2.19. The molecular formula is C21H15ClF2N2O3. The number of hydrogen-bond donors (Lipinski definition) is 1. The number of benzene rings is 2. The fourth-order valence-electron chi connectivity index (χ4n) is 3.02. The minimum Gasteiger partial charge on any atom is -0.466 e. The molecular weight excluding hydrogens is 402 g/mol. The van der Waals surface area contributed by atoms with Crippen molar-refractivity contribution in [1.82, 2.24) is 4.98 Å². The van der Waals surface area contributed by atoms with Gasteiger partial charge in [-0.25, -0.2) is 8.78 Å². The van der Waals surface area contributed by atoms with Crippen LogP contribution in [-0.4, -0.2) is 17.6 Å². The Balaban J connectivity index is 2.11. The lowest BCUT2D eigenvalue weighted by molar-refractivity contribution is -0.143. The first-order chi connectivity index (χ1) is 13.8. The second-order valence-electron chi connectivity index (χ2n) is 6.23. The van der Waals surface area contributed by atoms with Gasteiger partial charge in [-0.05, 0) is 37.6 Å². The van der Waals surface area contributed by atoms with Gasteiger partial charge in [0, 0.05) is 28.6 Å². The third kappa shape index (κ3) is 4.13. The molecule has 1 aromatic heterocycles. The Kier molecular flexibility index (Phi) is 5.95. The van der Waals surface area contributed by atoms with Crippen LogP contribution in [0, 0.1) is 23.0 Å². The van der Waals surface area contributed by atoms with Crippen LogP contribution in [0.4, 0.5) is 8.78 Å². The Bertz CT molecular complexity index is 1220. The van der Waals surface area contributed by atoms with Gasteiger partial charge in [-0.2, -0.15) is 5.26 Å². The number of nitrogens with zero attached hydrogens (tertiary/aromatic N) is 1. The molecule has 0 aliphatic carbocycles. The van der Waals surface area contributed by atoms with Crippen LogP contribution >= 0.6 is 11.6 Å². The molecule has 0 fully saturated rings. The van der Waals surface area contributed by atoms with E-state index in [1.165, 1.54) is 18.2 Å². The van der Waals surface area contributed by atoms with Crippen molar-refractivity contribution >= 4 is 28.5 Å². The van der Waals surface area contributed by atoms with E-state index in [0.29, 0.717) is 11.1 Å². The fourth-order valence-corrected chi connectivity index (χ4v) is 3.24. The lowest BCUT2D eigenvalue weighted by atomic mass is 10.0. The lowest BCUT2D eigenvalue weighted by Crippen LogP contribution is -2.11. The molecule has 0 radical (unpaired) electrons. The molecule has 0 aliphatic rings. The fraction of sp³-hybridized carbons (Fsp3) is 0.190. The minimum atomic E-state index is -1.02. The third-order valence-electron chi connectivity index (χ3n) is 4.37. The van der Waals surface area contributed by atoms with Gasteiger partial charge in [0.1, 0.15) is 11.6 Å². The van der Waals surface area contributed by atoms with Crippen molar-refractivity contribution in [2.24, 2.45) is 0 Å². The van der Waals surface area contributed by atoms with Crippen LogP contribution in [-0.2, 0) is 16.0 Å². The molecule has 0 aliphatic heterocycles. The second-order valence-corrected chi connectivity index (χ2v) is 6.64. The molecule has 0 bridgehead atoms. The molecule has 29 heavy (non-hydrogen) atoms. The van der Waals surface area contributed by atoms with E-state index in [9.17, 15) is 18.4 Å². The number of ether oxygens (including phenoxy) is 1. The van der Waals surface area contributed by atoms with E-state index >= 15 is 0 Å². The molecule has 3 aromatic rings. The Morgan fingerprint density at radius 3 is 2.72 bits per heavy atom. The van der Waals surface area contributed by atoms with E-state index < -0.39 is 23.0 Å². The Morgan fingerprint density at radius 1 is 1.28 bits per heavy atom. The summed E-state index contributed by atoms with van der Waals surface area (Å²) in [6.45, 7) is 1.80. The number of carbonyl (C=O) groups is 1. The largest absolute Gasteiger partial charge is 0.466 e. The van der Waals surface area contributed by atoms with Gasteiger partial charge in [0.2, 0.25) is 0 Å². The first-order valence-electron chi connectivity index (χ1n) is 8.75. The number of nitriles is 1. The summed E-state index contributed by atoms with van der Waals surface area (Å²) in [4.78, 5) is 26.9. The molecule has 0 saturated carbocycles. The zero-order valence-electron chi connectivity index (χ0n) is 15.3. The van der Waals surface area contributed by atoms with Crippen LogP contribution in [0.5, 0.6) is 0 Å². The number of hydrogen-bond acceptors (Lipinski definition) is 4. The van der Waals surface area contributed by atoms with Crippen molar-refractivity contribution in [3.63, 3.8) is 0 Å². The van der Waals surface area contributed by atoms with Crippen LogP contribution in [0.3, 0.4) is 0 Å². The minimum absolute atomic E-state index is 0.0548. The average molecular weight is 417 g/mol. The van der Waals surface area contributed by atoms with E-state index in [4.69, 9.17) is 21.6 Å². The molecule has 0 saturated heterocycles. The summed E-state index contributed by atoms with van der Waals surface area (Å²) in [6, 6.07) is 8.59. The summed E-state index contributed by atoms with van der Waals surface area (Å²) < 4.78 is 34.1. The number of carbonyl (C=O) groups excluding carboxylic acids is 1. The van der Waals surface area contributed by atoms with Gasteiger partial charge in [0.05, 0.1) is 34.8 Å². The summed E-state index contributed by atoms with van der Waals surface area (Å²) in [5.41, 5.74) is -0.187. The van der Waals surface area contributed by atoms with Crippen LogP contribution in [0.15, 0.2) is 35.1 Å². The Labute approximate surface area is 169 Å². The number of halogens is 3. The topological polar surface area (TPSA) is 82.9 Å². The molecule has 5 nitrogen and oxygen atoms in total. The molecule has 0 atom stereocenters. The summed E-state index contributed by atoms with van der Waals surface area (Å²) in [5, 5.41) is 9.01. The van der Waals surface area contributed by atoms with Crippen LogP contribution in [0.2, 0.25) is 5.02 Å². The predicted molar refractivity (Wildman–Crippen MR) is 105 cm³/mol. The highest BCUT2D eigenvalue weighted by Crippen LogP contribution is 2.29. The van der Waals surface area contributed by atoms with Crippen molar-refractivity contribution in [2.75, 3.05) is 6.61 Å². The molecule has 0 unspecified atom stereocenters. The normalized spacial score (nSPS) is 10.7. The predicted octanol–water partition coefficient (Wildman–Crippen LogP) is 4.49. The van der Waals surface area contributed by atoms with E-state index in [0.717, 1.165) is 12.1 Å². The monoisotopic (exact) mass is 416 g/mol. The SMILES string of the molecule is CCOC(=O)CCc1c(F)cc2[nH]c(-c3cc(C#N)ccc3Cl)cc(=O)c2c1F. The highest BCUT2D eigenvalue weighted by molar-refractivity contribution is 6.33. The molecule has 0 amide bonds. The quantitative estimate of drug-likeness (QED) is 0.621. The summed E-state index contributed by atoms with van der Waals surface area (Å²) in [7, 11) is 0. The molecule has 1 heterocycles. The van der Waals surface area contributed by atoms with Crippen LogP contribution < -0.4 is 5.43 Å². The Morgan fingerprint density at radius 2 is 2.03 bits per heavy atom. The number of aromatic amines is 1. The number of nitrogens with one attached hydrogen (secondary N) is 1. The van der Waals surface area contributed by atoms with Crippen LogP contribution in [0.25, 0.3) is 22.2 Å². The van der Waals surface area contributed by atoms with E-state index in [1.807, 2.05) is 6.07 Å². The smallest absolute Gasteiger partial charge is 0.306 e. The van der Waals surface area contributed by atoms with Gasteiger partial charge in [0.15, 0.2) is 5.43 Å². The second kappa shape index (κ2) is 8.41. The van der Waals surface area contributed by atoms with Crippen molar-refractivity contribution < 1.29 is 18.3 Å². The van der Waals surface area contributed by atoms with Crippen molar-refractivity contribution in [3.05, 3.63) is 68.3 Å². The van der Waals surface area contributed by atoms with Gasteiger partial charge in [-0.1, -0.05) is 11.6 Å². The van der Waals surface area contributed by atoms with Crippen molar-refractivity contribution in [1.29, 1.82) is 5.26 Å². The lowest BCUT2D eigenvalue weighted by Gasteiger charge is -2.11. The molecule has 2 aromatic carbocycles. The van der Waals surface area contributed by atoms with Crippen LogP contribution in [0.1, 0.15) is 24.5 Å². The maximum Gasteiger partial charge on any atom is 0.306 e. The van der Waals surface area contributed by atoms with Crippen molar-refractivity contribution in [2.45, 2.75) is 19.8 Å². The van der Waals surface area contributed by atoms with E-state index in [-0.39, 0.29) is 46.6 Å². The van der Waals surface area contributed by atoms with Gasteiger partial charge < -0.3 is 9.72 Å². The third-order valence-corrected chi connectivity index (χ3v) is 4.70. The number of aromatic nitrogens is 1. The van der Waals surface area contributed by atoms with Gasteiger partial charge in [-0.15, -0.1) is 0 Å². The first-order valence-corrected chi connectivity index (χ1v) is 9.13. The molecule has 8 heteroatoms. The first kappa shape index (κ1) is 20.5. The number of fused-ring (bicyclic) bond motifs is 1. The molecule has 0 spiro atoms. The number of pyridine rings is 1. The standard InChI is InChI=1S/C21H15ClF2N2O3/c1-2-29-19(28)6-4-12-15(23)8-17-20(21(12)24)18(27)9-16(26-17)13-7-11(10-25)3-5-14(13)22/h3,5,7-9H,2,4,6H2,1H3,(H,26,27). The summed E-state index contributed by atoms with van der Waals surface area (Å²) in [6.07, 6.45) is -0.441. The zero-order chi connectivity index (χ0) is 21.1. The van der Waals surface area contributed by atoms with E-state index in [1.54, 1.807) is 6.92 Å². The van der Waals surface area contributed by atoms with Gasteiger partial charge in [0.25, 0.3) is 0 Å². The Hall–Kier alpha value is -3.24. The molecule has 148 valence electrons. The summed E-state index contributed by atoms with van der Waals surface area (Å²) >= 11 is 6.15. The van der Waals surface area contributed by atoms with Crippen molar-refractivity contribution in [3.8, 4) is 17.3 Å². The zero-order valence-corrected chi connectivity index (χ0v) is 16.1. The number of H-pyrrole nitrogens is 1. The summed E-state index contributed by atoms with van der Waals surface area (Å²) in [5.74, 6) is -2.49. The maximum absolute atomic E-state index is 14.9. The maximum atomic E-state index is 14.9. The number of rotatable bonds is 5. The number of esters is 1. The van der Waals surface area contributed by atoms with Gasteiger partial charge in [-0.3, -0.25) is 9.59 Å². The van der Waals surface area contributed by atoms with E-state index in [2.05, 4.69) is 4.98 Å².